The van der Waals surface area contributed by atoms with Crippen LogP contribution in [0.2, 0.25) is 0 Å². The maximum Gasteiger partial charge on any atom is 0.223 e. The van der Waals surface area contributed by atoms with Gasteiger partial charge in [0.25, 0.3) is 0 Å². The average molecular weight is 512 g/mol. The third-order valence-electron chi connectivity index (χ3n) is 6.98. The van der Waals surface area contributed by atoms with Gasteiger partial charge in [-0.05, 0) is 53.9 Å². The van der Waals surface area contributed by atoms with Crippen molar-refractivity contribution in [1.82, 2.24) is 14.5 Å². The average Bonchev–Trinajstić information content (AvgIpc) is 3.50. The summed E-state index contributed by atoms with van der Waals surface area (Å²) in [7, 11) is 3.30. The van der Waals surface area contributed by atoms with Crippen LogP contribution in [0.25, 0.3) is 11.0 Å². The van der Waals surface area contributed by atoms with Gasteiger partial charge in [-0.25, -0.2) is 4.98 Å². The van der Waals surface area contributed by atoms with Gasteiger partial charge in [0.1, 0.15) is 18.2 Å². The number of carbonyl (C=O) groups is 1. The second-order valence-corrected chi connectivity index (χ2v) is 9.46. The molecule has 38 heavy (non-hydrogen) atoms. The lowest BCUT2D eigenvalue weighted by Gasteiger charge is -2.18. The first-order chi connectivity index (χ1) is 18.6. The first kappa shape index (κ1) is 25.4. The molecular weight excluding hydrogens is 478 g/mol. The van der Waals surface area contributed by atoms with E-state index in [0.717, 1.165) is 40.2 Å². The Balaban J connectivity index is 1.32. The second kappa shape index (κ2) is 11.4. The summed E-state index contributed by atoms with van der Waals surface area (Å²) in [4.78, 5) is 19.9. The first-order valence-electron chi connectivity index (χ1n) is 12.9. The number of nitrogens with zero attached hydrogens (tertiary/aromatic N) is 3. The molecule has 1 aliphatic heterocycles. The Morgan fingerprint density at radius 2 is 1.79 bits per heavy atom. The van der Waals surface area contributed by atoms with Crippen LogP contribution in [0.15, 0.2) is 79.4 Å². The molecule has 2 heterocycles. The van der Waals surface area contributed by atoms with E-state index in [1.54, 1.807) is 14.2 Å². The molecule has 1 saturated heterocycles. The van der Waals surface area contributed by atoms with Gasteiger partial charge in [0.15, 0.2) is 11.5 Å². The molecule has 7 nitrogen and oxygen atoms in total. The van der Waals surface area contributed by atoms with Crippen LogP contribution in [0, 0.1) is 0 Å². The number of ether oxygens (including phenoxy) is 3. The van der Waals surface area contributed by atoms with E-state index in [1.165, 1.54) is 0 Å². The standard InChI is InChI=1S/C31H33N3O4/c1-4-7-22-12-15-28(29(18-22)37-3)38-17-16-34-27-9-6-5-8-26(27)32-31(34)24-19-30(35)33(21-24)20-23-10-13-25(36-2)14-11-23/h4-6,8-15,18,24H,1,7,16-17,19-21H2,2-3H3. The van der Waals surface area contributed by atoms with Gasteiger partial charge in [-0.3, -0.25) is 4.79 Å². The van der Waals surface area contributed by atoms with Gasteiger partial charge in [0, 0.05) is 25.4 Å². The fourth-order valence-electron chi connectivity index (χ4n) is 5.06. The highest BCUT2D eigenvalue weighted by Gasteiger charge is 2.34. The molecule has 1 aromatic heterocycles. The number of methoxy groups -OCH3 is 2. The van der Waals surface area contributed by atoms with Crippen molar-refractivity contribution in [1.29, 1.82) is 0 Å². The van der Waals surface area contributed by atoms with Gasteiger partial charge in [-0.15, -0.1) is 6.58 Å². The lowest BCUT2D eigenvalue weighted by molar-refractivity contribution is -0.128. The van der Waals surface area contributed by atoms with Gasteiger partial charge in [0.2, 0.25) is 5.91 Å². The van der Waals surface area contributed by atoms with E-state index in [9.17, 15) is 4.79 Å². The SMILES string of the molecule is C=CCc1ccc(OCCn2c(C3CC(=O)N(Cc4ccc(OC)cc4)C3)nc3ccccc32)c(OC)c1. The Hall–Kier alpha value is -4.26. The van der Waals surface area contributed by atoms with Crippen LogP contribution in [0.4, 0.5) is 0 Å². The van der Waals surface area contributed by atoms with Gasteiger partial charge >= 0.3 is 0 Å². The number of amides is 1. The van der Waals surface area contributed by atoms with E-state index in [-0.39, 0.29) is 11.8 Å². The van der Waals surface area contributed by atoms with E-state index in [0.29, 0.717) is 44.2 Å². The number of para-hydroxylation sites is 2. The predicted octanol–water partition coefficient (Wildman–Crippen LogP) is 5.38. The Morgan fingerprint density at radius 1 is 1.00 bits per heavy atom. The predicted molar refractivity (Wildman–Crippen MR) is 148 cm³/mol. The lowest BCUT2D eigenvalue weighted by Crippen LogP contribution is -2.24. The molecule has 0 radical (unpaired) electrons. The number of hydrogen-bond acceptors (Lipinski definition) is 5. The first-order valence-corrected chi connectivity index (χ1v) is 12.9. The number of imidazole rings is 1. The van der Waals surface area contributed by atoms with E-state index in [2.05, 4.69) is 17.2 Å². The molecule has 1 atom stereocenters. The minimum Gasteiger partial charge on any atom is -0.497 e. The lowest BCUT2D eigenvalue weighted by atomic mass is 10.1. The van der Waals surface area contributed by atoms with Crippen LogP contribution >= 0.6 is 0 Å². The quantitative estimate of drug-likeness (QED) is 0.253. The summed E-state index contributed by atoms with van der Waals surface area (Å²) >= 11 is 0. The zero-order valence-corrected chi connectivity index (χ0v) is 21.9. The monoisotopic (exact) mass is 511 g/mol. The topological polar surface area (TPSA) is 65.8 Å². The number of hydrogen-bond donors (Lipinski definition) is 0. The molecule has 1 unspecified atom stereocenters. The summed E-state index contributed by atoms with van der Waals surface area (Å²) in [5.41, 5.74) is 4.17. The molecule has 1 amide bonds. The smallest absolute Gasteiger partial charge is 0.223 e. The van der Waals surface area contributed by atoms with Crippen molar-refractivity contribution in [3.8, 4) is 17.2 Å². The van der Waals surface area contributed by atoms with Crippen LogP contribution in [0.3, 0.4) is 0 Å². The highest BCUT2D eigenvalue weighted by atomic mass is 16.5. The second-order valence-electron chi connectivity index (χ2n) is 9.46. The van der Waals surface area contributed by atoms with E-state index >= 15 is 0 Å². The molecule has 1 aliphatic rings. The highest BCUT2D eigenvalue weighted by molar-refractivity contribution is 5.81. The number of likely N-dealkylation sites (tertiary alicyclic amines) is 1. The maximum atomic E-state index is 13.0. The number of carbonyl (C=O) groups excluding carboxylic acids is 1. The Labute approximate surface area is 223 Å². The summed E-state index contributed by atoms with van der Waals surface area (Å²) in [6, 6.07) is 21.9. The number of aromatic nitrogens is 2. The highest BCUT2D eigenvalue weighted by Crippen LogP contribution is 2.32. The van der Waals surface area contributed by atoms with E-state index < -0.39 is 0 Å². The number of benzene rings is 3. The Bertz CT molecular complexity index is 1430. The summed E-state index contributed by atoms with van der Waals surface area (Å²) in [5, 5.41) is 0. The fourth-order valence-corrected chi connectivity index (χ4v) is 5.06. The van der Waals surface area contributed by atoms with Gasteiger partial charge in [0.05, 0.1) is 31.8 Å². The van der Waals surface area contributed by atoms with Gasteiger partial charge < -0.3 is 23.7 Å². The number of rotatable bonds is 11. The zero-order valence-electron chi connectivity index (χ0n) is 21.9. The molecule has 0 N–H and O–H groups in total. The molecule has 3 aromatic carbocycles. The van der Waals surface area contributed by atoms with Crippen LogP contribution in [-0.2, 0) is 24.3 Å². The third kappa shape index (κ3) is 5.37. The van der Waals surface area contributed by atoms with Crippen molar-refractivity contribution in [3.63, 3.8) is 0 Å². The van der Waals surface area contributed by atoms with E-state index in [1.807, 2.05) is 71.6 Å². The van der Waals surface area contributed by atoms with Gasteiger partial charge in [-0.1, -0.05) is 36.4 Å². The third-order valence-corrected chi connectivity index (χ3v) is 6.98. The van der Waals surface area contributed by atoms with Gasteiger partial charge in [-0.2, -0.15) is 0 Å². The van der Waals surface area contributed by atoms with Crippen molar-refractivity contribution in [2.24, 2.45) is 0 Å². The van der Waals surface area contributed by atoms with Crippen molar-refractivity contribution < 1.29 is 19.0 Å². The molecule has 0 bridgehead atoms. The maximum absolute atomic E-state index is 13.0. The zero-order chi connectivity index (χ0) is 26.5. The van der Waals surface area contributed by atoms with Crippen molar-refractivity contribution in [2.45, 2.75) is 31.8 Å². The normalized spacial score (nSPS) is 15.2. The largest absolute Gasteiger partial charge is 0.497 e. The summed E-state index contributed by atoms with van der Waals surface area (Å²) < 4.78 is 19.2. The van der Waals surface area contributed by atoms with Crippen LogP contribution in [0.5, 0.6) is 17.2 Å². The Morgan fingerprint density at radius 3 is 2.55 bits per heavy atom. The Kier molecular flexibility index (Phi) is 7.63. The van der Waals surface area contributed by atoms with E-state index in [4.69, 9.17) is 19.2 Å². The molecule has 4 aromatic rings. The number of fused-ring (bicyclic) bond motifs is 1. The molecule has 7 heteroatoms. The van der Waals surface area contributed by atoms with Crippen molar-refractivity contribution >= 4 is 16.9 Å². The molecule has 0 saturated carbocycles. The molecule has 196 valence electrons. The minimum atomic E-state index is 0.0147. The van der Waals surface area contributed by atoms with Crippen molar-refractivity contribution in [3.05, 3.63) is 96.3 Å². The molecule has 1 fully saturated rings. The number of allylic oxidation sites excluding steroid dienone is 1. The van der Waals surface area contributed by atoms with Crippen LogP contribution in [-0.4, -0.2) is 47.7 Å². The molecule has 5 rings (SSSR count). The summed E-state index contributed by atoms with van der Waals surface area (Å²) in [5.74, 6) is 3.30. The van der Waals surface area contributed by atoms with Crippen LogP contribution < -0.4 is 14.2 Å². The van der Waals surface area contributed by atoms with Crippen molar-refractivity contribution in [2.75, 3.05) is 27.4 Å². The van der Waals surface area contributed by atoms with Crippen LogP contribution in [0.1, 0.15) is 29.3 Å². The summed E-state index contributed by atoms with van der Waals surface area (Å²) in [6.07, 6.45) is 3.09. The molecular formula is C31H33N3O4. The fraction of sp³-hybridized carbons (Fsp3) is 0.290. The minimum absolute atomic E-state index is 0.0147. The summed E-state index contributed by atoms with van der Waals surface area (Å²) in [6.45, 7) is 6.06. The molecule has 0 aliphatic carbocycles. The molecule has 0 spiro atoms.